The summed E-state index contributed by atoms with van der Waals surface area (Å²) in [5, 5.41) is 11.6. The molecule has 3 rings (SSSR count). The van der Waals surface area contributed by atoms with Crippen molar-refractivity contribution in [3.63, 3.8) is 0 Å². The van der Waals surface area contributed by atoms with Crippen LogP contribution in [-0.4, -0.2) is 9.91 Å². The number of aromatic nitrogens is 1. The highest BCUT2D eigenvalue weighted by Crippen LogP contribution is 2.22. The SMILES string of the molecule is O=[N+]([O-])c1ccc2[nH]c(Cc3ccccc3)cc2c1. The Kier molecular flexibility index (Phi) is 2.76. The van der Waals surface area contributed by atoms with E-state index in [-0.39, 0.29) is 10.6 Å². The summed E-state index contributed by atoms with van der Waals surface area (Å²) in [6, 6.07) is 17.0. The van der Waals surface area contributed by atoms with E-state index in [0.29, 0.717) is 0 Å². The van der Waals surface area contributed by atoms with Crippen molar-refractivity contribution in [2.75, 3.05) is 0 Å². The number of non-ortho nitro benzene ring substituents is 1. The Bertz CT molecular complexity index is 732. The highest BCUT2D eigenvalue weighted by molar-refractivity contribution is 5.82. The molecule has 1 aromatic heterocycles. The third kappa shape index (κ3) is 2.33. The maximum Gasteiger partial charge on any atom is 0.270 e. The van der Waals surface area contributed by atoms with Gasteiger partial charge in [0.1, 0.15) is 0 Å². The molecule has 94 valence electrons. The van der Waals surface area contributed by atoms with Gasteiger partial charge in [0.15, 0.2) is 0 Å². The fourth-order valence-corrected chi connectivity index (χ4v) is 2.20. The first-order valence-corrected chi connectivity index (χ1v) is 6.02. The largest absolute Gasteiger partial charge is 0.358 e. The highest BCUT2D eigenvalue weighted by atomic mass is 16.6. The number of benzene rings is 2. The van der Waals surface area contributed by atoms with Gasteiger partial charge >= 0.3 is 0 Å². The van der Waals surface area contributed by atoms with Crippen LogP contribution in [0.3, 0.4) is 0 Å². The molecule has 1 heterocycles. The lowest BCUT2D eigenvalue weighted by atomic mass is 10.1. The standard InChI is InChI=1S/C15H12N2O2/c18-17(19)14-6-7-15-12(10-14)9-13(16-15)8-11-4-2-1-3-5-11/h1-7,9-10,16H,8H2. The van der Waals surface area contributed by atoms with Crippen LogP contribution in [0.25, 0.3) is 10.9 Å². The van der Waals surface area contributed by atoms with Gasteiger partial charge in [-0.1, -0.05) is 30.3 Å². The molecule has 2 aromatic carbocycles. The Morgan fingerprint density at radius 2 is 1.84 bits per heavy atom. The lowest BCUT2D eigenvalue weighted by molar-refractivity contribution is -0.384. The molecule has 0 bridgehead atoms. The Labute approximate surface area is 109 Å². The Balaban J connectivity index is 1.95. The minimum Gasteiger partial charge on any atom is -0.358 e. The lowest BCUT2D eigenvalue weighted by Crippen LogP contribution is -1.86. The molecule has 0 unspecified atom stereocenters. The molecule has 0 radical (unpaired) electrons. The normalized spacial score (nSPS) is 10.7. The Morgan fingerprint density at radius 3 is 2.58 bits per heavy atom. The van der Waals surface area contributed by atoms with Crippen molar-refractivity contribution < 1.29 is 4.92 Å². The summed E-state index contributed by atoms with van der Waals surface area (Å²) in [5.41, 5.74) is 3.32. The van der Waals surface area contributed by atoms with Gasteiger partial charge < -0.3 is 4.98 Å². The fraction of sp³-hybridized carbons (Fsp3) is 0.0667. The molecule has 4 nitrogen and oxygen atoms in total. The summed E-state index contributed by atoms with van der Waals surface area (Å²) < 4.78 is 0. The molecule has 0 aliphatic rings. The zero-order valence-electron chi connectivity index (χ0n) is 10.2. The summed E-state index contributed by atoms with van der Waals surface area (Å²) >= 11 is 0. The van der Waals surface area contributed by atoms with Crippen molar-refractivity contribution in [2.24, 2.45) is 0 Å². The van der Waals surface area contributed by atoms with Gasteiger partial charge in [0, 0.05) is 35.2 Å². The molecule has 0 fully saturated rings. The van der Waals surface area contributed by atoms with Gasteiger partial charge in [-0.2, -0.15) is 0 Å². The predicted molar refractivity (Wildman–Crippen MR) is 74.2 cm³/mol. The topological polar surface area (TPSA) is 58.9 Å². The number of H-pyrrole nitrogens is 1. The van der Waals surface area contributed by atoms with E-state index in [1.165, 1.54) is 11.6 Å². The molecule has 0 saturated carbocycles. The van der Waals surface area contributed by atoms with E-state index in [4.69, 9.17) is 0 Å². The average Bonchev–Trinajstić information content (AvgIpc) is 2.80. The first-order valence-electron chi connectivity index (χ1n) is 6.02. The summed E-state index contributed by atoms with van der Waals surface area (Å²) in [6.45, 7) is 0. The molecule has 1 N–H and O–H groups in total. The number of nitro benzene ring substituents is 1. The van der Waals surface area contributed by atoms with E-state index in [2.05, 4.69) is 17.1 Å². The number of hydrogen-bond donors (Lipinski definition) is 1. The molecule has 3 aromatic rings. The van der Waals surface area contributed by atoms with Gasteiger partial charge in [-0.25, -0.2) is 0 Å². The molecule has 0 aliphatic heterocycles. The molecule has 0 spiro atoms. The second-order valence-corrected chi connectivity index (χ2v) is 4.49. The first-order chi connectivity index (χ1) is 9.22. The number of fused-ring (bicyclic) bond motifs is 1. The van der Waals surface area contributed by atoms with E-state index in [9.17, 15) is 10.1 Å². The van der Waals surface area contributed by atoms with Crippen LogP contribution in [0.2, 0.25) is 0 Å². The van der Waals surface area contributed by atoms with Crippen LogP contribution in [0.4, 0.5) is 5.69 Å². The van der Waals surface area contributed by atoms with Crippen LogP contribution in [0.15, 0.2) is 54.6 Å². The molecular formula is C15H12N2O2. The van der Waals surface area contributed by atoms with Crippen molar-refractivity contribution in [3.8, 4) is 0 Å². The maximum atomic E-state index is 10.7. The van der Waals surface area contributed by atoms with E-state index >= 15 is 0 Å². The molecule has 4 heteroatoms. The smallest absolute Gasteiger partial charge is 0.270 e. The summed E-state index contributed by atoms with van der Waals surface area (Å²) in [5.74, 6) is 0. The molecular weight excluding hydrogens is 240 g/mol. The highest BCUT2D eigenvalue weighted by Gasteiger charge is 2.08. The average molecular weight is 252 g/mol. The van der Waals surface area contributed by atoms with Crippen LogP contribution in [0.1, 0.15) is 11.3 Å². The fourth-order valence-electron chi connectivity index (χ4n) is 2.20. The number of hydrogen-bond acceptors (Lipinski definition) is 2. The third-order valence-corrected chi connectivity index (χ3v) is 3.11. The minimum absolute atomic E-state index is 0.123. The maximum absolute atomic E-state index is 10.7. The Hall–Kier alpha value is -2.62. The molecule has 0 aliphatic carbocycles. The quantitative estimate of drug-likeness (QED) is 0.571. The second kappa shape index (κ2) is 4.57. The van der Waals surface area contributed by atoms with Crippen LogP contribution < -0.4 is 0 Å². The molecule has 0 saturated heterocycles. The molecule has 0 amide bonds. The van der Waals surface area contributed by atoms with Gasteiger partial charge in [0.05, 0.1) is 4.92 Å². The Morgan fingerprint density at radius 1 is 1.05 bits per heavy atom. The van der Waals surface area contributed by atoms with Crippen LogP contribution >= 0.6 is 0 Å². The van der Waals surface area contributed by atoms with Crippen molar-refractivity contribution in [3.05, 3.63) is 76.0 Å². The zero-order valence-corrected chi connectivity index (χ0v) is 10.2. The van der Waals surface area contributed by atoms with Gasteiger partial charge in [0.25, 0.3) is 5.69 Å². The van der Waals surface area contributed by atoms with Crippen LogP contribution in [-0.2, 0) is 6.42 Å². The number of rotatable bonds is 3. The van der Waals surface area contributed by atoms with Gasteiger partial charge in [-0.05, 0) is 17.7 Å². The summed E-state index contributed by atoms with van der Waals surface area (Å²) in [4.78, 5) is 13.7. The first kappa shape index (κ1) is 11.5. The van der Waals surface area contributed by atoms with Crippen LogP contribution in [0.5, 0.6) is 0 Å². The van der Waals surface area contributed by atoms with Crippen molar-refractivity contribution >= 4 is 16.6 Å². The van der Waals surface area contributed by atoms with Gasteiger partial charge in [-0.15, -0.1) is 0 Å². The van der Waals surface area contributed by atoms with E-state index in [1.54, 1.807) is 12.1 Å². The van der Waals surface area contributed by atoms with E-state index < -0.39 is 0 Å². The third-order valence-electron chi connectivity index (χ3n) is 3.11. The van der Waals surface area contributed by atoms with Gasteiger partial charge in [0.2, 0.25) is 0 Å². The second-order valence-electron chi connectivity index (χ2n) is 4.49. The predicted octanol–water partition coefficient (Wildman–Crippen LogP) is 3.67. The number of nitrogens with one attached hydrogen (secondary N) is 1. The van der Waals surface area contributed by atoms with Crippen molar-refractivity contribution in [1.29, 1.82) is 0 Å². The summed E-state index contributed by atoms with van der Waals surface area (Å²) in [6.07, 6.45) is 0.795. The lowest BCUT2D eigenvalue weighted by Gasteiger charge is -1.97. The number of nitro groups is 1. The van der Waals surface area contributed by atoms with E-state index in [0.717, 1.165) is 23.0 Å². The summed E-state index contributed by atoms with van der Waals surface area (Å²) in [7, 11) is 0. The molecule has 0 atom stereocenters. The van der Waals surface area contributed by atoms with Gasteiger partial charge in [-0.3, -0.25) is 10.1 Å². The van der Waals surface area contributed by atoms with E-state index in [1.807, 2.05) is 24.3 Å². The zero-order chi connectivity index (χ0) is 13.2. The van der Waals surface area contributed by atoms with Crippen molar-refractivity contribution in [2.45, 2.75) is 6.42 Å². The number of nitrogens with zero attached hydrogens (tertiary/aromatic N) is 1. The molecule has 19 heavy (non-hydrogen) atoms. The number of aromatic amines is 1. The minimum atomic E-state index is -0.372. The monoisotopic (exact) mass is 252 g/mol. The van der Waals surface area contributed by atoms with Crippen molar-refractivity contribution in [1.82, 2.24) is 4.98 Å². The van der Waals surface area contributed by atoms with Crippen LogP contribution in [0, 0.1) is 10.1 Å².